The van der Waals surface area contributed by atoms with Gasteiger partial charge in [0.05, 0.1) is 5.56 Å². The molecule has 12 heteroatoms. The molecule has 3 rings (SSSR count). The first kappa shape index (κ1) is 21.7. The lowest BCUT2D eigenvalue weighted by atomic mass is 10.0. The number of anilines is 1. The zero-order valence-corrected chi connectivity index (χ0v) is 15.3. The first-order valence-corrected chi connectivity index (χ1v) is 8.83. The number of piperidine rings is 1. The molecule has 1 amide bonds. The van der Waals surface area contributed by atoms with E-state index in [9.17, 15) is 31.1 Å². The summed E-state index contributed by atoms with van der Waals surface area (Å²) < 4.78 is 79.8. The maximum atomic E-state index is 12.8. The lowest BCUT2D eigenvalue weighted by Gasteiger charge is -2.33. The average Bonchev–Trinajstić information content (AvgIpc) is 2.67. The molecule has 0 radical (unpaired) electrons. The Balaban J connectivity index is 1.61. The number of nitrogens with one attached hydrogen (secondary N) is 1. The molecular formula is C18H16F6N4O2. The van der Waals surface area contributed by atoms with Crippen LogP contribution < -0.4 is 15.0 Å². The van der Waals surface area contributed by atoms with Crippen LogP contribution in [0.1, 0.15) is 28.9 Å². The molecule has 6 nitrogen and oxygen atoms in total. The number of carbonyl (C=O) groups excluding carboxylic acids is 1. The molecular weight excluding hydrogens is 418 g/mol. The summed E-state index contributed by atoms with van der Waals surface area (Å²) in [4.78, 5) is 21.1. The molecule has 0 bridgehead atoms. The fourth-order valence-corrected chi connectivity index (χ4v) is 3.06. The van der Waals surface area contributed by atoms with Crippen molar-refractivity contribution in [3.8, 4) is 5.75 Å². The second-order valence-electron chi connectivity index (χ2n) is 6.54. The summed E-state index contributed by atoms with van der Waals surface area (Å²) in [5.41, 5.74) is -1.31. The predicted octanol–water partition coefficient (Wildman–Crippen LogP) is 3.79. The van der Waals surface area contributed by atoms with Gasteiger partial charge < -0.3 is 15.0 Å². The standard InChI is InChI=1S/C18H16F6N4O2/c19-17(20,21)14-9-15(26-10-25-14)28-7-5-11(6-8-28)27-16(29)12-3-1-2-4-13(12)30-18(22,23)24/h1-4,9-11H,5-8H2,(H,27,29). The monoisotopic (exact) mass is 434 g/mol. The molecule has 1 aromatic heterocycles. The molecule has 30 heavy (non-hydrogen) atoms. The highest BCUT2D eigenvalue weighted by molar-refractivity contribution is 5.97. The number of para-hydroxylation sites is 1. The van der Waals surface area contributed by atoms with Crippen molar-refractivity contribution in [3.63, 3.8) is 0 Å². The largest absolute Gasteiger partial charge is 0.573 e. The Kier molecular flexibility index (Phi) is 6.04. The highest BCUT2D eigenvalue weighted by atomic mass is 19.4. The molecule has 162 valence electrons. The average molecular weight is 434 g/mol. The van der Waals surface area contributed by atoms with Crippen molar-refractivity contribution in [1.82, 2.24) is 15.3 Å². The number of carbonyl (C=O) groups is 1. The molecule has 0 spiro atoms. The van der Waals surface area contributed by atoms with E-state index in [4.69, 9.17) is 0 Å². The Morgan fingerprint density at radius 2 is 1.73 bits per heavy atom. The maximum absolute atomic E-state index is 12.8. The van der Waals surface area contributed by atoms with E-state index in [0.717, 1.165) is 18.5 Å². The number of halogens is 6. The van der Waals surface area contributed by atoms with Gasteiger partial charge in [-0.05, 0) is 25.0 Å². The number of nitrogens with zero attached hydrogens (tertiary/aromatic N) is 3. The second kappa shape index (κ2) is 8.36. The number of hydrogen-bond donors (Lipinski definition) is 1. The summed E-state index contributed by atoms with van der Waals surface area (Å²) in [5.74, 6) is -1.22. The van der Waals surface area contributed by atoms with E-state index >= 15 is 0 Å². The van der Waals surface area contributed by atoms with Gasteiger partial charge in [-0.25, -0.2) is 9.97 Å². The van der Waals surface area contributed by atoms with Gasteiger partial charge >= 0.3 is 12.5 Å². The molecule has 2 heterocycles. The van der Waals surface area contributed by atoms with Crippen LogP contribution in [-0.2, 0) is 6.18 Å². The fraction of sp³-hybridized carbons (Fsp3) is 0.389. The molecule has 0 unspecified atom stereocenters. The van der Waals surface area contributed by atoms with Crippen molar-refractivity contribution in [2.75, 3.05) is 18.0 Å². The predicted molar refractivity (Wildman–Crippen MR) is 92.9 cm³/mol. The van der Waals surface area contributed by atoms with Crippen LogP contribution in [0.5, 0.6) is 5.75 Å². The minimum absolute atomic E-state index is 0.117. The first-order chi connectivity index (χ1) is 14.0. The molecule has 0 atom stereocenters. The van der Waals surface area contributed by atoms with Crippen LogP contribution in [-0.4, -0.2) is 41.4 Å². The van der Waals surface area contributed by atoms with Gasteiger partial charge in [0.1, 0.15) is 23.6 Å². The third kappa shape index (κ3) is 5.51. The molecule has 1 N–H and O–H groups in total. The zero-order valence-electron chi connectivity index (χ0n) is 15.3. The Morgan fingerprint density at radius 3 is 2.37 bits per heavy atom. The molecule has 2 aromatic rings. The van der Waals surface area contributed by atoms with Crippen LogP contribution >= 0.6 is 0 Å². The normalized spacial score (nSPS) is 15.7. The minimum atomic E-state index is -4.94. The van der Waals surface area contributed by atoms with Gasteiger partial charge in [0.2, 0.25) is 0 Å². The molecule has 1 saturated heterocycles. The van der Waals surface area contributed by atoms with Crippen molar-refractivity contribution in [2.45, 2.75) is 31.4 Å². The van der Waals surface area contributed by atoms with Gasteiger partial charge in [0, 0.05) is 25.2 Å². The van der Waals surface area contributed by atoms with Crippen LogP contribution in [0, 0.1) is 0 Å². The topological polar surface area (TPSA) is 67.4 Å². The van der Waals surface area contributed by atoms with E-state index in [1.807, 2.05) is 0 Å². The lowest BCUT2D eigenvalue weighted by molar-refractivity contribution is -0.274. The van der Waals surface area contributed by atoms with Crippen LogP contribution in [0.15, 0.2) is 36.7 Å². The first-order valence-electron chi connectivity index (χ1n) is 8.83. The highest BCUT2D eigenvalue weighted by Crippen LogP contribution is 2.30. The molecule has 1 aromatic carbocycles. The molecule has 1 aliphatic heterocycles. The third-order valence-electron chi connectivity index (χ3n) is 4.45. The van der Waals surface area contributed by atoms with E-state index in [-0.39, 0.29) is 17.4 Å². The second-order valence-corrected chi connectivity index (χ2v) is 6.54. The molecule has 0 aliphatic carbocycles. The van der Waals surface area contributed by atoms with E-state index in [0.29, 0.717) is 25.9 Å². The number of alkyl halides is 6. The van der Waals surface area contributed by atoms with Crippen LogP contribution in [0.3, 0.4) is 0 Å². The van der Waals surface area contributed by atoms with E-state index < -0.39 is 29.9 Å². The molecule has 1 aliphatic rings. The van der Waals surface area contributed by atoms with Crippen LogP contribution in [0.2, 0.25) is 0 Å². The fourth-order valence-electron chi connectivity index (χ4n) is 3.06. The van der Waals surface area contributed by atoms with Crippen LogP contribution in [0.25, 0.3) is 0 Å². The Hall–Kier alpha value is -3.05. The zero-order chi connectivity index (χ0) is 21.9. The van der Waals surface area contributed by atoms with Gasteiger partial charge in [-0.3, -0.25) is 4.79 Å². The van der Waals surface area contributed by atoms with Gasteiger partial charge in [0.25, 0.3) is 5.91 Å². The van der Waals surface area contributed by atoms with Gasteiger partial charge in [0.15, 0.2) is 0 Å². The van der Waals surface area contributed by atoms with E-state index in [2.05, 4.69) is 20.0 Å². The highest BCUT2D eigenvalue weighted by Gasteiger charge is 2.34. The summed E-state index contributed by atoms with van der Waals surface area (Å²) >= 11 is 0. The maximum Gasteiger partial charge on any atom is 0.573 e. The van der Waals surface area contributed by atoms with Crippen molar-refractivity contribution in [1.29, 1.82) is 0 Å². The number of ether oxygens (including phenoxy) is 1. The number of hydrogen-bond acceptors (Lipinski definition) is 5. The Bertz CT molecular complexity index is 895. The Morgan fingerprint density at radius 1 is 1.07 bits per heavy atom. The number of aromatic nitrogens is 2. The third-order valence-corrected chi connectivity index (χ3v) is 4.45. The van der Waals surface area contributed by atoms with Gasteiger partial charge in [-0.15, -0.1) is 13.2 Å². The Labute approximate surface area is 166 Å². The summed E-state index contributed by atoms with van der Waals surface area (Å²) in [5, 5.41) is 2.64. The van der Waals surface area contributed by atoms with Gasteiger partial charge in [-0.2, -0.15) is 13.2 Å². The van der Waals surface area contributed by atoms with Crippen molar-refractivity contribution < 1.29 is 35.9 Å². The summed E-state index contributed by atoms with van der Waals surface area (Å²) in [6.07, 6.45) is -7.94. The lowest BCUT2D eigenvalue weighted by Crippen LogP contribution is -2.45. The van der Waals surface area contributed by atoms with Gasteiger partial charge in [-0.1, -0.05) is 12.1 Å². The van der Waals surface area contributed by atoms with Crippen molar-refractivity contribution in [3.05, 3.63) is 47.9 Å². The minimum Gasteiger partial charge on any atom is -0.405 e. The van der Waals surface area contributed by atoms with E-state index in [1.165, 1.54) is 18.2 Å². The van der Waals surface area contributed by atoms with Crippen LogP contribution in [0.4, 0.5) is 32.2 Å². The van der Waals surface area contributed by atoms with Crippen molar-refractivity contribution >= 4 is 11.7 Å². The number of rotatable bonds is 4. The number of amides is 1. The SMILES string of the molecule is O=C(NC1CCN(c2cc(C(F)(F)F)ncn2)CC1)c1ccccc1OC(F)(F)F. The summed E-state index contributed by atoms with van der Waals surface area (Å²) in [6, 6.07) is 5.46. The van der Waals surface area contributed by atoms with E-state index in [1.54, 1.807) is 4.90 Å². The quantitative estimate of drug-likeness (QED) is 0.742. The molecule has 0 saturated carbocycles. The molecule has 1 fully saturated rings. The summed E-state index contributed by atoms with van der Waals surface area (Å²) in [7, 11) is 0. The smallest absolute Gasteiger partial charge is 0.405 e. The van der Waals surface area contributed by atoms with Crippen molar-refractivity contribution in [2.24, 2.45) is 0 Å². The summed E-state index contributed by atoms with van der Waals surface area (Å²) in [6.45, 7) is 0.611. The number of benzene rings is 1.